The maximum Gasteiger partial charge on any atom is 0.138 e. The second kappa shape index (κ2) is 7.00. The standard InChI is InChI=1S/C16H23N3OS/c1-5-15-19-13(11-21-15)10-20-14-7-6-12(17-9-14)8-18-16(2,3)4/h6-7,9,11,18H,5,8,10H2,1-4H3. The monoisotopic (exact) mass is 305 g/mol. The molecule has 0 spiro atoms. The molecule has 1 N–H and O–H groups in total. The molecule has 5 heteroatoms. The maximum absolute atomic E-state index is 5.71. The normalized spacial score (nSPS) is 11.6. The van der Waals surface area contributed by atoms with Gasteiger partial charge in [-0.15, -0.1) is 11.3 Å². The molecule has 2 aromatic heterocycles. The van der Waals surface area contributed by atoms with E-state index in [1.807, 2.05) is 17.5 Å². The number of hydrogen-bond donors (Lipinski definition) is 1. The zero-order chi connectivity index (χ0) is 15.3. The molecule has 0 bridgehead atoms. The fraction of sp³-hybridized carbons (Fsp3) is 0.500. The lowest BCUT2D eigenvalue weighted by Crippen LogP contribution is -2.35. The minimum Gasteiger partial charge on any atom is -0.486 e. The molecule has 0 aromatic carbocycles. The molecule has 0 saturated carbocycles. The summed E-state index contributed by atoms with van der Waals surface area (Å²) in [6, 6.07) is 3.95. The first-order valence-corrected chi connectivity index (χ1v) is 8.10. The SMILES string of the molecule is CCc1nc(COc2ccc(CNC(C)(C)C)nc2)cs1. The van der Waals surface area contributed by atoms with Gasteiger partial charge in [0, 0.05) is 17.5 Å². The van der Waals surface area contributed by atoms with Gasteiger partial charge in [0.15, 0.2) is 0 Å². The van der Waals surface area contributed by atoms with Crippen molar-refractivity contribution in [1.29, 1.82) is 0 Å². The van der Waals surface area contributed by atoms with Gasteiger partial charge in [-0.2, -0.15) is 0 Å². The van der Waals surface area contributed by atoms with Crippen LogP contribution in [0.2, 0.25) is 0 Å². The van der Waals surface area contributed by atoms with Crippen molar-refractivity contribution in [3.8, 4) is 5.75 Å². The number of nitrogens with zero attached hydrogens (tertiary/aromatic N) is 2. The van der Waals surface area contributed by atoms with Gasteiger partial charge in [0.1, 0.15) is 12.4 Å². The van der Waals surface area contributed by atoms with E-state index >= 15 is 0 Å². The van der Waals surface area contributed by atoms with Crippen molar-refractivity contribution in [3.63, 3.8) is 0 Å². The Morgan fingerprint density at radius 3 is 2.62 bits per heavy atom. The van der Waals surface area contributed by atoms with Crippen molar-refractivity contribution in [2.24, 2.45) is 0 Å². The number of aryl methyl sites for hydroxylation is 1. The molecule has 0 aliphatic rings. The average Bonchev–Trinajstić information content (AvgIpc) is 2.91. The van der Waals surface area contributed by atoms with Gasteiger partial charge in [-0.05, 0) is 39.3 Å². The summed E-state index contributed by atoms with van der Waals surface area (Å²) < 4.78 is 5.71. The first-order chi connectivity index (χ1) is 9.96. The van der Waals surface area contributed by atoms with E-state index in [4.69, 9.17) is 4.74 Å². The fourth-order valence-corrected chi connectivity index (χ4v) is 2.42. The first kappa shape index (κ1) is 15.9. The third-order valence-corrected chi connectivity index (χ3v) is 3.93. The largest absolute Gasteiger partial charge is 0.486 e. The Kier molecular flexibility index (Phi) is 5.31. The lowest BCUT2D eigenvalue weighted by molar-refractivity contribution is 0.300. The van der Waals surface area contributed by atoms with Crippen LogP contribution in [0, 0.1) is 0 Å². The Morgan fingerprint density at radius 1 is 1.24 bits per heavy atom. The number of hydrogen-bond acceptors (Lipinski definition) is 5. The molecule has 0 aliphatic heterocycles. The Hall–Kier alpha value is -1.46. The molecule has 0 aliphatic carbocycles. The summed E-state index contributed by atoms with van der Waals surface area (Å²) in [5, 5.41) is 6.61. The highest BCUT2D eigenvalue weighted by Gasteiger charge is 2.09. The van der Waals surface area contributed by atoms with Crippen LogP contribution < -0.4 is 10.1 Å². The Labute approximate surface area is 130 Å². The number of rotatable bonds is 6. The van der Waals surface area contributed by atoms with Crippen LogP contribution in [-0.2, 0) is 19.6 Å². The van der Waals surface area contributed by atoms with E-state index in [1.54, 1.807) is 17.5 Å². The smallest absolute Gasteiger partial charge is 0.138 e. The molecule has 0 saturated heterocycles. The van der Waals surface area contributed by atoms with E-state index < -0.39 is 0 Å². The van der Waals surface area contributed by atoms with Crippen LogP contribution in [0.5, 0.6) is 5.75 Å². The number of thiazole rings is 1. The molecule has 0 atom stereocenters. The topological polar surface area (TPSA) is 47.0 Å². The molecule has 0 unspecified atom stereocenters. The highest BCUT2D eigenvalue weighted by Crippen LogP contribution is 2.15. The van der Waals surface area contributed by atoms with Crippen LogP contribution >= 0.6 is 11.3 Å². The highest BCUT2D eigenvalue weighted by molar-refractivity contribution is 7.09. The molecule has 2 heterocycles. The van der Waals surface area contributed by atoms with Crippen LogP contribution in [0.15, 0.2) is 23.7 Å². The number of ether oxygens (including phenoxy) is 1. The predicted molar refractivity (Wildman–Crippen MR) is 86.7 cm³/mol. The number of pyridine rings is 1. The predicted octanol–water partition coefficient (Wildman–Crippen LogP) is 3.57. The fourth-order valence-electron chi connectivity index (χ4n) is 1.69. The summed E-state index contributed by atoms with van der Waals surface area (Å²) in [6.45, 7) is 9.79. The molecule has 0 radical (unpaired) electrons. The van der Waals surface area contributed by atoms with Gasteiger partial charge in [-0.3, -0.25) is 4.98 Å². The van der Waals surface area contributed by atoms with Crippen molar-refractivity contribution in [2.45, 2.75) is 52.8 Å². The molecule has 4 nitrogen and oxygen atoms in total. The van der Waals surface area contributed by atoms with E-state index in [2.05, 4.69) is 43.0 Å². The minimum atomic E-state index is 0.0957. The molecule has 0 fully saturated rings. The van der Waals surface area contributed by atoms with E-state index in [0.29, 0.717) is 6.61 Å². The first-order valence-electron chi connectivity index (χ1n) is 7.22. The van der Waals surface area contributed by atoms with Crippen molar-refractivity contribution in [1.82, 2.24) is 15.3 Å². The summed E-state index contributed by atoms with van der Waals surface area (Å²) in [5.41, 5.74) is 2.09. The summed E-state index contributed by atoms with van der Waals surface area (Å²) >= 11 is 1.68. The number of aromatic nitrogens is 2. The quantitative estimate of drug-likeness (QED) is 0.886. The molecule has 0 amide bonds. The molecular weight excluding hydrogens is 282 g/mol. The molecule has 114 valence electrons. The van der Waals surface area contributed by atoms with E-state index in [9.17, 15) is 0 Å². The van der Waals surface area contributed by atoms with E-state index in [1.165, 1.54) is 0 Å². The van der Waals surface area contributed by atoms with Gasteiger partial charge < -0.3 is 10.1 Å². The summed E-state index contributed by atoms with van der Waals surface area (Å²) in [5.74, 6) is 0.778. The minimum absolute atomic E-state index is 0.0957. The summed E-state index contributed by atoms with van der Waals surface area (Å²) in [7, 11) is 0. The maximum atomic E-state index is 5.71. The molecular formula is C16H23N3OS. The second-order valence-electron chi connectivity index (χ2n) is 5.96. The molecule has 2 rings (SSSR count). The van der Waals surface area contributed by atoms with Crippen molar-refractivity contribution in [3.05, 3.63) is 40.1 Å². The molecule has 2 aromatic rings. The second-order valence-corrected chi connectivity index (χ2v) is 6.91. The third kappa shape index (κ3) is 5.44. The van der Waals surface area contributed by atoms with E-state index in [-0.39, 0.29) is 5.54 Å². The van der Waals surface area contributed by atoms with Crippen LogP contribution in [-0.4, -0.2) is 15.5 Å². The third-order valence-electron chi connectivity index (χ3n) is 2.89. The van der Waals surface area contributed by atoms with Crippen LogP contribution in [0.3, 0.4) is 0 Å². The van der Waals surface area contributed by atoms with Gasteiger partial charge in [-0.1, -0.05) is 6.92 Å². The van der Waals surface area contributed by atoms with Crippen molar-refractivity contribution < 1.29 is 4.74 Å². The Balaban J connectivity index is 1.84. The van der Waals surface area contributed by atoms with Crippen molar-refractivity contribution >= 4 is 11.3 Å². The number of nitrogens with one attached hydrogen (secondary N) is 1. The zero-order valence-corrected chi connectivity index (χ0v) is 14.0. The lowest BCUT2D eigenvalue weighted by atomic mass is 10.1. The van der Waals surface area contributed by atoms with Gasteiger partial charge in [0.2, 0.25) is 0 Å². The lowest BCUT2D eigenvalue weighted by Gasteiger charge is -2.20. The van der Waals surface area contributed by atoms with Gasteiger partial charge in [-0.25, -0.2) is 4.98 Å². The zero-order valence-electron chi connectivity index (χ0n) is 13.1. The van der Waals surface area contributed by atoms with E-state index in [0.717, 1.165) is 35.1 Å². The Bertz CT molecular complexity index is 558. The Morgan fingerprint density at radius 2 is 2.05 bits per heavy atom. The summed E-state index contributed by atoms with van der Waals surface area (Å²) in [6.07, 6.45) is 2.74. The van der Waals surface area contributed by atoms with Gasteiger partial charge in [0.25, 0.3) is 0 Å². The van der Waals surface area contributed by atoms with Gasteiger partial charge in [0.05, 0.1) is 22.6 Å². The van der Waals surface area contributed by atoms with Crippen LogP contribution in [0.4, 0.5) is 0 Å². The molecule has 21 heavy (non-hydrogen) atoms. The van der Waals surface area contributed by atoms with Gasteiger partial charge >= 0.3 is 0 Å². The highest BCUT2D eigenvalue weighted by atomic mass is 32.1. The average molecular weight is 305 g/mol. The van der Waals surface area contributed by atoms with Crippen molar-refractivity contribution in [2.75, 3.05) is 0 Å². The van der Waals surface area contributed by atoms with Crippen LogP contribution in [0.25, 0.3) is 0 Å². The summed E-state index contributed by atoms with van der Waals surface area (Å²) in [4.78, 5) is 8.89. The van der Waals surface area contributed by atoms with Crippen LogP contribution in [0.1, 0.15) is 44.1 Å².